The number of nitrogens with zero attached hydrogens (tertiary/aromatic N) is 5. The van der Waals surface area contributed by atoms with Gasteiger partial charge in [0, 0.05) is 44.0 Å². The van der Waals surface area contributed by atoms with Crippen LogP contribution in [-0.2, 0) is 0 Å². The van der Waals surface area contributed by atoms with E-state index >= 15 is 0 Å². The summed E-state index contributed by atoms with van der Waals surface area (Å²) in [5.74, 6) is -0.204. The fraction of sp³-hybridized carbons (Fsp3) is 0.389. The highest BCUT2D eigenvalue weighted by molar-refractivity contribution is 7.20. The summed E-state index contributed by atoms with van der Waals surface area (Å²) < 4.78 is 14.9. The van der Waals surface area contributed by atoms with Crippen molar-refractivity contribution in [3.63, 3.8) is 0 Å². The van der Waals surface area contributed by atoms with Crippen LogP contribution in [0.15, 0.2) is 35.1 Å². The quantitative estimate of drug-likeness (QED) is 0.706. The third-order valence-corrected chi connectivity index (χ3v) is 5.88. The Kier molecular flexibility index (Phi) is 4.46. The predicted molar refractivity (Wildman–Crippen MR) is 100 cm³/mol. The third-order valence-electron chi connectivity index (χ3n) is 4.91. The molecule has 0 bridgehead atoms. The van der Waals surface area contributed by atoms with Gasteiger partial charge in [-0.1, -0.05) is 23.5 Å². The van der Waals surface area contributed by atoms with Crippen molar-refractivity contribution in [3.05, 3.63) is 57.8 Å². The summed E-state index contributed by atoms with van der Waals surface area (Å²) in [6.07, 6.45) is 0. The average molecular weight is 373 g/mol. The molecule has 3 heterocycles. The second kappa shape index (κ2) is 6.77. The number of aromatic nitrogens is 3. The maximum atomic E-state index is 13.1. The number of aryl methyl sites for hydroxylation is 1. The minimum Gasteiger partial charge on any atom is -0.344 e. The van der Waals surface area contributed by atoms with Gasteiger partial charge in [-0.25, -0.2) is 8.91 Å². The van der Waals surface area contributed by atoms with Crippen molar-refractivity contribution in [1.82, 2.24) is 19.5 Å². The summed E-state index contributed by atoms with van der Waals surface area (Å²) in [5.41, 5.74) is 1.69. The average Bonchev–Trinajstić information content (AvgIpc) is 3.06. The number of hydrogen-bond acceptors (Lipinski definition) is 6. The molecule has 1 fully saturated rings. The molecule has 0 unspecified atom stereocenters. The van der Waals surface area contributed by atoms with Gasteiger partial charge in [-0.2, -0.15) is 4.98 Å². The number of piperazine rings is 1. The van der Waals surface area contributed by atoms with E-state index in [1.54, 1.807) is 4.52 Å². The Morgan fingerprint density at radius 1 is 1.15 bits per heavy atom. The second-order valence-corrected chi connectivity index (χ2v) is 7.50. The van der Waals surface area contributed by atoms with E-state index in [9.17, 15) is 9.18 Å². The van der Waals surface area contributed by atoms with Crippen LogP contribution in [0, 0.1) is 12.7 Å². The van der Waals surface area contributed by atoms with Crippen LogP contribution >= 0.6 is 11.3 Å². The summed E-state index contributed by atoms with van der Waals surface area (Å²) in [7, 11) is 0. The van der Waals surface area contributed by atoms with Crippen LogP contribution < -0.4 is 10.5 Å². The molecule has 26 heavy (non-hydrogen) atoms. The first-order chi connectivity index (χ1) is 12.5. The molecule has 0 aliphatic carbocycles. The first-order valence-electron chi connectivity index (χ1n) is 8.63. The molecule has 4 rings (SSSR count). The van der Waals surface area contributed by atoms with Crippen LogP contribution in [0.3, 0.4) is 0 Å². The molecule has 0 radical (unpaired) electrons. The molecule has 3 aromatic rings. The van der Waals surface area contributed by atoms with Crippen molar-refractivity contribution in [2.75, 3.05) is 31.1 Å². The Morgan fingerprint density at radius 3 is 2.54 bits per heavy atom. The molecule has 8 heteroatoms. The minimum absolute atomic E-state index is 0.204. The molecule has 2 aromatic heterocycles. The van der Waals surface area contributed by atoms with Crippen LogP contribution in [0.4, 0.5) is 9.52 Å². The van der Waals surface area contributed by atoms with Crippen molar-refractivity contribution in [2.24, 2.45) is 0 Å². The van der Waals surface area contributed by atoms with Crippen molar-refractivity contribution in [3.8, 4) is 0 Å². The molecular weight excluding hydrogens is 353 g/mol. The smallest absolute Gasteiger partial charge is 0.274 e. The fourth-order valence-electron chi connectivity index (χ4n) is 3.32. The van der Waals surface area contributed by atoms with E-state index in [1.807, 2.05) is 19.1 Å². The molecule has 1 aromatic carbocycles. The zero-order chi connectivity index (χ0) is 18.3. The van der Waals surface area contributed by atoms with Crippen LogP contribution in [0.25, 0.3) is 4.96 Å². The van der Waals surface area contributed by atoms with Crippen molar-refractivity contribution in [1.29, 1.82) is 0 Å². The number of benzene rings is 1. The summed E-state index contributed by atoms with van der Waals surface area (Å²) in [6.45, 7) is 7.53. The largest absolute Gasteiger partial charge is 0.344 e. The second-order valence-electron chi connectivity index (χ2n) is 6.57. The standard InChI is InChI=1S/C18H20FN5OS/c1-12-11-16(25)20-17-24(12)21-18(26-17)23-9-7-22(8-10-23)13(2)14-3-5-15(19)6-4-14/h3-6,11,13H,7-10H2,1-2H3/t13-/m1/s1. The first kappa shape index (κ1) is 17.1. The Bertz CT molecular complexity index is 975. The molecule has 0 spiro atoms. The Labute approximate surface area is 154 Å². The van der Waals surface area contributed by atoms with Crippen molar-refractivity contribution < 1.29 is 4.39 Å². The molecule has 1 aliphatic heterocycles. The van der Waals surface area contributed by atoms with Gasteiger partial charge in [0.15, 0.2) is 0 Å². The topological polar surface area (TPSA) is 53.7 Å². The van der Waals surface area contributed by atoms with E-state index in [2.05, 4.69) is 26.8 Å². The van der Waals surface area contributed by atoms with Gasteiger partial charge in [0.2, 0.25) is 10.1 Å². The maximum absolute atomic E-state index is 13.1. The number of halogens is 1. The van der Waals surface area contributed by atoms with Gasteiger partial charge in [0.25, 0.3) is 5.56 Å². The number of hydrogen-bond donors (Lipinski definition) is 0. The molecular formula is C18H20FN5OS. The predicted octanol–water partition coefficient (Wildman–Crippen LogP) is 2.48. The lowest BCUT2D eigenvalue weighted by Crippen LogP contribution is -2.47. The summed E-state index contributed by atoms with van der Waals surface area (Å²) in [5, 5.41) is 5.50. The summed E-state index contributed by atoms with van der Waals surface area (Å²) in [6, 6.07) is 8.48. The zero-order valence-corrected chi connectivity index (χ0v) is 15.5. The molecule has 136 valence electrons. The molecule has 1 aliphatic rings. The third kappa shape index (κ3) is 3.22. The van der Waals surface area contributed by atoms with E-state index in [0.717, 1.165) is 42.6 Å². The highest BCUT2D eigenvalue weighted by Crippen LogP contribution is 2.26. The van der Waals surface area contributed by atoms with Crippen LogP contribution in [0.1, 0.15) is 24.2 Å². The first-order valence-corrected chi connectivity index (χ1v) is 9.45. The van der Waals surface area contributed by atoms with E-state index in [4.69, 9.17) is 0 Å². The van der Waals surface area contributed by atoms with E-state index < -0.39 is 0 Å². The molecule has 0 amide bonds. The zero-order valence-electron chi connectivity index (χ0n) is 14.7. The number of rotatable bonds is 3. The number of fused-ring (bicyclic) bond motifs is 1. The fourth-order valence-corrected chi connectivity index (χ4v) is 4.32. The Balaban J connectivity index is 1.47. The highest BCUT2D eigenvalue weighted by atomic mass is 32.1. The van der Waals surface area contributed by atoms with E-state index in [-0.39, 0.29) is 17.4 Å². The van der Waals surface area contributed by atoms with Gasteiger partial charge in [-0.15, -0.1) is 5.10 Å². The van der Waals surface area contributed by atoms with Gasteiger partial charge in [-0.3, -0.25) is 9.69 Å². The normalized spacial score (nSPS) is 17.0. The summed E-state index contributed by atoms with van der Waals surface area (Å²) in [4.78, 5) is 20.9. The molecule has 6 nitrogen and oxygen atoms in total. The SMILES string of the molecule is Cc1cc(=O)nc2sc(N3CCN([C@H](C)c4ccc(F)cc4)CC3)nn12. The lowest BCUT2D eigenvalue weighted by molar-refractivity contribution is 0.198. The monoisotopic (exact) mass is 373 g/mol. The lowest BCUT2D eigenvalue weighted by atomic mass is 10.1. The summed E-state index contributed by atoms with van der Waals surface area (Å²) >= 11 is 1.45. The Hall–Kier alpha value is -2.32. The van der Waals surface area contributed by atoms with Gasteiger partial charge in [-0.05, 0) is 31.5 Å². The maximum Gasteiger partial charge on any atom is 0.274 e. The lowest BCUT2D eigenvalue weighted by Gasteiger charge is -2.38. The van der Waals surface area contributed by atoms with Crippen LogP contribution in [0.2, 0.25) is 0 Å². The molecule has 1 atom stereocenters. The molecule has 1 saturated heterocycles. The molecule has 0 saturated carbocycles. The molecule has 0 N–H and O–H groups in total. The van der Waals surface area contributed by atoms with E-state index in [1.165, 1.54) is 29.5 Å². The van der Waals surface area contributed by atoms with Gasteiger partial charge in [0.1, 0.15) is 5.82 Å². The minimum atomic E-state index is -0.226. The van der Waals surface area contributed by atoms with Crippen LogP contribution in [-0.4, -0.2) is 45.7 Å². The van der Waals surface area contributed by atoms with Gasteiger partial charge >= 0.3 is 0 Å². The highest BCUT2D eigenvalue weighted by Gasteiger charge is 2.24. The van der Waals surface area contributed by atoms with Crippen molar-refractivity contribution in [2.45, 2.75) is 19.9 Å². The van der Waals surface area contributed by atoms with Crippen molar-refractivity contribution >= 4 is 21.4 Å². The van der Waals surface area contributed by atoms with E-state index in [0.29, 0.717) is 4.96 Å². The van der Waals surface area contributed by atoms with Crippen LogP contribution in [0.5, 0.6) is 0 Å². The number of anilines is 1. The van der Waals surface area contributed by atoms with Gasteiger partial charge in [0.05, 0.1) is 0 Å². The van der Waals surface area contributed by atoms with Gasteiger partial charge < -0.3 is 4.90 Å². The Morgan fingerprint density at radius 2 is 1.85 bits per heavy atom.